The number of hydrogen-bond acceptors (Lipinski definition) is 4. The van der Waals surface area contributed by atoms with Crippen LogP contribution in [0.15, 0.2) is 29.6 Å². The molecule has 2 fully saturated rings. The average Bonchev–Trinajstić information content (AvgIpc) is 3.32. The Labute approximate surface area is 166 Å². The third kappa shape index (κ3) is 3.82. The van der Waals surface area contributed by atoms with Crippen LogP contribution in [0.5, 0.6) is 0 Å². The Morgan fingerprint density at radius 2 is 2.04 bits per heavy atom. The van der Waals surface area contributed by atoms with E-state index in [1.54, 1.807) is 23.5 Å². The number of thiazole rings is 1. The standard InChI is InChI=1S/C22H30FN3S/c1-25-13-7-8-17(14-25)26(2)15-21-24-20(16-27-21)22(11-5-6-12-22)18-9-3-4-10-19(18)23/h3-4,9-10,16-17H,5-8,11-15H2,1-2H3. The van der Waals surface area contributed by atoms with Gasteiger partial charge in [0.05, 0.1) is 12.2 Å². The fourth-order valence-electron chi connectivity index (χ4n) is 4.94. The minimum Gasteiger partial charge on any atom is -0.305 e. The van der Waals surface area contributed by atoms with Crippen molar-refractivity contribution in [1.82, 2.24) is 14.8 Å². The predicted octanol–water partition coefficient (Wildman–Crippen LogP) is 4.67. The molecule has 0 spiro atoms. The molecule has 1 aliphatic carbocycles. The van der Waals surface area contributed by atoms with Crippen molar-refractivity contribution in [2.45, 2.75) is 56.5 Å². The van der Waals surface area contributed by atoms with Gasteiger partial charge in [-0.15, -0.1) is 11.3 Å². The molecule has 0 N–H and O–H groups in total. The fourth-order valence-corrected chi connectivity index (χ4v) is 5.89. The molecule has 1 saturated heterocycles. The van der Waals surface area contributed by atoms with E-state index in [2.05, 4.69) is 29.3 Å². The Hall–Kier alpha value is -1.30. The largest absolute Gasteiger partial charge is 0.305 e. The molecule has 4 rings (SSSR count). The lowest BCUT2D eigenvalue weighted by atomic mass is 9.76. The summed E-state index contributed by atoms with van der Waals surface area (Å²) in [5.74, 6) is -0.0867. The average molecular weight is 388 g/mol. The van der Waals surface area contributed by atoms with Crippen LogP contribution in [0.25, 0.3) is 0 Å². The zero-order chi connectivity index (χ0) is 18.9. The smallest absolute Gasteiger partial charge is 0.127 e. The van der Waals surface area contributed by atoms with Gasteiger partial charge in [0.25, 0.3) is 0 Å². The van der Waals surface area contributed by atoms with E-state index in [0.29, 0.717) is 6.04 Å². The first kappa shape index (κ1) is 19.0. The minimum atomic E-state index is -0.232. The molecule has 1 unspecified atom stereocenters. The molecule has 1 atom stereocenters. The van der Waals surface area contributed by atoms with Crippen LogP contribution in [0.2, 0.25) is 0 Å². The zero-order valence-corrected chi connectivity index (χ0v) is 17.3. The van der Waals surface area contributed by atoms with E-state index in [9.17, 15) is 4.39 Å². The van der Waals surface area contributed by atoms with Gasteiger partial charge in [0.1, 0.15) is 10.8 Å². The number of benzene rings is 1. The molecule has 2 aromatic rings. The molecule has 1 aromatic heterocycles. The molecule has 27 heavy (non-hydrogen) atoms. The van der Waals surface area contributed by atoms with Crippen LogP contribution in [-0.4, -0.2) is 48.0 Å². The zero-order valence-electron chi connectivity index (χ0n) is 16.5. The van der Waals surface area contributed by atoms with E-state index >= 15 is 0 Å². The number of nitrogens with zero attached hydrogens (tertiary/aromatic N) is 3. The van der Waals surface area contributed by atoms with Crippen LogP contribution in [0.4, 0.5) is 4.39 Å². The van der Waals surface area contributed by atoms with Crippen LogP contribution in [0, 0.1) is 5.82 Å². The summed E-state index contributed by atoms with van der Waals surface area (Å²) in [6.07, 6.45) is 6.83. The van der Waals surface area contributed by atoms with E-state index < -0.39 is 0 Å². The molecule has 0 bridgehead atoms. The molecule has 5 heteroatoms. The van der Waals surface area contributed by atoms with Crippen LogP contribution in [0.3, 0.4) is 0 Å². The Balaban J connectivity index is 1.55. The first-order valence-electron chi connectivity index (χ1n) is 10.2. The van der Waals surface area contributed by atoms with Crippen molar-refractivity contribution in [2.75, 3.05) is 27.2 Å². The first-order chi connectivity index (χ1) is 13.1. The number of halogens is 1. The van der Waals surface area contributed by atoms with E-state index in [4.69, 9.17) is 4.98 Å². The highest BCUT2D eigenvalue weighted by molar-refractivity contribution is 7.09. The first-order valence-corrected chi connectivity index (χ1v) is 11.1. The number of hydrogen-bond donors (Lipinski definition) is 0. The third-order valence-corrected chi connectivity index (χ3v) is 7.33. The molecule has 2 heterocycles. The predicted molar refractivity (Wildman–Crippen MR) is 110 cm³/mol. The van der Waals surface area contributed by atoms with Gasteiger partial charge in [-0.25, -0.2) is 9.37 Å². The van der Waals surface area contributed by atoms with Crippen LogP contribution < -0.4 is 0 Å². The lowest BCUT2D eigenvalue weighted by Crippen LogP contribution is -2.44. The van der Waals surface area contributed by atoms with Crippen molar-refractivity contribution in [3.05, 3.63) is 51.7 Å². The molecule has 1 saturated carbocycles. The molecular formula is C22H30FN3S. The SMILES string of the molecule is CN1CCCC(N(C)Cc2nc(C3(c4ccccc4F)CCCC3)cs2)C1. The maximum Gasteiger partial charge on any atom is 0.127 e. The molecule has 1 aliphatic heterocycles. The Morgan fingerprint density at radius 3 is 2.78 bits per heavy atom. The summed E-state index contributed by atoms with van der Waals surface area (Å²) >= 11 is 1.74. The quantitative estimate of drug-likeness (QED) is 0.743. The summed E-state index contributed by atoms with van der Waals surface area (Å²) in [7, 11) is 4.42. The van der Waals surface area contributed by atoms with Crippen molar-refractivity contribution >= 4 is 11.3 Å². The number of rotatable bonds is 5. The van der Waals surface area contributed by atoms with Gasteiger partial charge in [-0.1, -0.05) is 31.0 Å². The van der Waals surface area contributed by atoms with Crippen molar-refractivity contribution in [3.8, 4) is 0 Å². The molecule has 146 valence electrons. The summed E-state index contributed by atoms with van der Waals surface area (Å²) in [5, 5.41) is 3.34. The highest BCUT2D eigenvalue weighted by Crippen LogP contribution is 2.47. The van der Waals surface area contributed by atoms with Gasteiger partial charge in [0.2, 0.25) is 0 Å². The van der Waals surface area contributed by atoms with Gasteiger partial charge in [-0.05, 0) is 58.0 Å². The monoisotopic (exact) mass is 387 g/mol. The highest BCUT2D eigenvalue weighted by atomic mass is 32.1. The third-order valence-electron chi connectivity index (χ3n) is 6.50. The van der Waals surface area contributed by atoms with Gasteiger partial charge in [0.15, 0.2) is 0 Å². The summed E-state index contributed by atoms with van der Waals surface area (Å²) in [4.78, 5) is 9.90. The summed E-state index contributed by atoms with van der Waals surface area (Å²) in [5.41, 5.74) is 1.69. The topological polar surface area (TPSA) is 19.4 Å². The van der Waals surface area contributed by atoms with Gasteiger partial charge in [-0.2, -0.15) is 0 Å². The number of piperidine rings is 1. The van der Waals surface area contributed by atoms with E-state index in [-0.39, 0.29) is 11.2 Å². The van der Waals surface area contributed by atoms with Crippen LogP contribution in [-0.2, 0) is 12.0 Å². The van der Waals surface area contributed by atoms with Crippen LogP contribution in [0.1, 0.15) is 54.8 Å². The summed E-state index contributed by atoms with van der Waals surface area (Å²) < 4.78 is 14.6. The van der Waals surface area contributed by atoms with Gasteiger partial charge >= 0.3 is 0 Å². The normalized spacial score (nSPS) is 23.2. The lowest BCUT2D eigenvalue weighted by molar-refractivity contribution is 0.129. The summed E-state index contributed by atoms with van der Waals surface area (Å²) in [6, 6.07) is 7.89. The second-order valence-electron chi connectivity index (χ2n) is 8.37. The van der Waals surface area contributed by atoms with Gasteiger partial charge in [-0.3, -0.25) is 4.90 Å². The molecule has 0 amide bonds. The van der Waals surface area contributed by atoms with Crippen molar-refractivity contribution in [3.63, 3.8) is 0 Å². The molecule has 0 radical (unpaired) electrons. The van der Waals surface area contributed by atoms with Crippen LogP contribution >= 0.6 is 11.3 Å². The maximum absolute atomic E-state index is 14.6. The van der Waals surface area contributed by atoms with Gasteiger partial charge < -0.3 is 4.90 Å². The fraction of sp³-hybridized carbons (Fsp3) is 0.591. The molecular weight excluding hydrogens is 357 g/mol. The van der Waals surface area contributed by atoms with E-state index in [0.717, 1.165) is 55.0 Å². The minimum absolute atomic E-state index is 0.0867. The number of likely N-dealkylation sites (N-methyl/N-ethyl adjacent to an activating group) is 2. The van der Waals surface area contributed by atoms with E-state index in [1.807, 2.05) is 12.1 Å². The highest BCUT2D eigenvalue weighted by Gasteiger charge is 2.41. The Kier molecular flexibility index (Phi) is 5.62. The second kappa shape index (κ2) is 7.98. The van der Waals surface area contributed by atoms with E-state index in [1.165, 1.54) is 19.4 Å². The van der Waals surface area contributed by atoms with Crippen molar-refractivity contribution < 1.29 is 4.39 Å². The maximum atomic E-state index is 14.6. The van der Waals surface area contributed by atoms with Crippen molar-refractivity contribution in [2.24, 2.45) is 0 Å². The summed E-state index contributed by atoms with van der Waals surface area (Å²) in [6.45, 7) is 3.22. The van der Waals surface area contributed by atoms with Gasteiger partial charge in [0, 0.05) is 23.4 Å². The second-order valence-corrected chi connectivity index (χ2v) is 9.31. The molecule has 1 aromatic carbocycles. The lowest BCUT2D eigenvalue weighted by Gasteiger charge is -2.35. The molecule has 3 nitrogen and oxygen atoms in total. The van der Waals surface area contributed by atoms with Crippen molar-refractivity contribution in [1.29, 1.82) is 0 Å². The Bertz CT molecular complexity index is 768. The number of likely N-dealkylation sites (tertiary alicyclic amines) is 1. The Morgan fingerprint density at radius 1 is 1.26 bits per heavy atom. The molecule has 2 aliphatic rings. The number of aromatic nitrogens is 1.